The molecule has 0 fully saturated rings. The third-order valence-electron chi connectivity index (χ3n) is 1.69. The molecule has 0 saturated heterocycles. The first kappa shape index (κ1) is 18.7. The van der Waals surface area contributed by atoms with Gasteiger partial charge in [-0.25, -0.2) is 0 Å². The van der Waals surface area contributed by atoms with Crippen molar-refractivity contribution in [3.8, 4) is 17.2 Å². The molecule has 0 spiro atoms. The Morgan fingerprint density at radius 3 is 2.59 bits per heavy atom. The van der Waals surface area contributed by atoms with E-state index in [0.717, 1.165) is 25.8 Å². The molecule has 0 aliphatic heterocycles. The Hall–Kier alpha value is -0.680. The van der Waals surface area contributed by atoms with Gasteiger partial charge in [-0.15, -0.1) is 5.92 Å². The van der Waals surface area contributed by atoms with E-state index in [1.54, 1.807) is 0 Å². The molecule has 0 amide bonds. The Labute approximate surface area is 110 Å². The lowest BCUT2D eigenvalue weighted by Crippen LogP contribution is -2.13. The fourth-order valence-electron chi connectivity index (χ4n) is 0.991. The third kappa shape index (κ3) is 15.3. The highest BCUT2D eigenvalue weighted by Gasteiger charge is 2.07. The van der Waals surface area contributed by atoms with Crippen molar-refractivity contribution in [2.24, 2.45) is 0 Å². The Kier molecular flexibility index (Phi) is 19.5. The second-order valence-corrected chi connectivity index (χ2v) is 3.85. The monoisotopic (exact) mass is 256 g/mol. The first-order valence-electron chi connectivity index (χ1n) is 6.11. The van der Waals surface area contributed by atoms with Crippen molar-refractivity contribution in [2.75, 3.05) is 20.2 Å². The maximum atomic E-state index is 8.58. The van der Waals surface area contributed by atoms with Crippen LogP contribution in [0.5, 0.6) is 0 Å². The summed E-state index contributed by atoms with van der Waals surface area (Å²) in [7, 11) is 1.92. The lowest BCUT2D eigenvalue weighted by atomic mass is 10.3. The lowest BCUT2D eigenvalue weighted by Gasteiger charge is -2.11. The minimum absolute atomic E-state index is 0.0468. The first-order chi connectivity index (χ1) is 8.35. The molecule has 1 unspecified atom stereocenters. The summed E-state index contributed by atoms with van der Waals surface area (Å²) in [6, 6.07) is 0. The van der Waals surface area contributed by atoms with Gasteiger partial charge in [0.2, 0.25) is 0 Å². The number of nitriles is 1. The van der Waals surface area contributed by atoms with Crippen LogP contribution in [0, 0.1) is 22.5 Å². The van der Waals surface area contributed by atoms with Crippen LogP contribution in [0.25, 0.3) is 0 Å². The summed E-state index contributed by atoms with van der Waals surface area (Å²) >= 11 is 1.17. The largest absolute Gasteiger partial charge is 0.354 e. The van der Waals surface area contributed by atoms with Gasteiger partial charge in [0.05, 0.1) is 0 Å². The highest BCUT2D eigenvalue weighted by atomic mass is 32.2. The average molecular weight is 256 g/mol. The van der Waals surface area contributed by atoms with Gasteiger partial charge in [-0.1, -0.05) is 26.7 Å². The molecular formula is C13H24N2OS. The number of hydrogen-bond acceptors (Lipinski definition) is 4. The molecule has 0 rings (SSSR count). The minimum Gasteiger partial charge on any atom is -0.354 e. The summed E-state index contributed by atoms with van der Waals surface area (Å²) in [5.74, 6) is 5.84. The number of thiocyanates is 1. The zero-order valence-electron chi connectivity index (χ0n) is 11.4. The van der Waals surface area contributed by atoms with Crippen molar-refractivity contribution in [3.05, 3.63) is 0 Å². The lowest BCUT2D eigenvalue weighted by molar-refractivity contribution is 0.136. The smallest absolute Gasteiger partial charge is 0.136 e. The molecule has 3 nitrogen and oxygen atoms in total. The normalized spacial score (nSPS) is 10.3. The summed E-state index contributed by atoms with van der Waals surface area (Å²) in [5, 5.41) is 13.7. The number of rotatable bonds is 7. The second kappa shape index (κ2) is 17.7. The maximum Gasteiger partial charge on any atom is 0.136 e. The summed E-state index contributed by atoms with van der Waals surface area (Å²) in [4.78, 5) is 0. The molecule has 17 heavy (non-hydrogen) atoms. The zero-order chi connectivity index (χ0) is 13.4. The SMILES string of the molecule is CC.CCC#CCOC(CCCNC)SC#N. The van der Waals surface area contributed by atoms with E-state index in [-0.39, 0.29) is 5.44 Å². The van der Waals surface area contributed by atoms with E-state index in [9.17, 15) is 0 Å². The number of thioether (sulfide) groups is 1. The quantitative estimate of drug-likeness (QED) is 0.329. The summed E-state index contributed by atoms with van der Waals surface area (Å²) < 4.78 is 5.47. The van der Waals surface area contributed by atoms with E-state index in [4.69, 9.17) is 10.00 Å². The molecule has 0 aliphatic rings. The van der Waals surface area contributed by atoms with Gasteiger partial charge in [-0.3, -0.25) is 0 Å². The van der Waals surface area contributed by atoms with Gasteiger partial charge >= 0.3 is 0 Å². The summed E-state index contributed by atoms with van der Waals surface area (Å²) in [6.45, 7) is 7.38. The zero-order valence-corrected chi connectivity index (χ0v) is 12.2. The molecule has 0 heterocycles. The van der Waals surface area contributed by atoms with Crippen LogP contribution < -0.4 is 5.32 Å². The Balaban J connectivity index is 0. The Bertz CT molecular complexity index is 240. The van der Waals surface area contributed by atoms with Gasteiger partial charge in [0.25, 0.3) is 0 Å². The molecule has 1 N–H and O–H groups in total. The molecule has 0 aromatic rings. The van der Waals surface area contributed by atoms with Crippen molar-refractivity contribution >= 4 is 11.8 Å². The number of ether oxygens (including phenoxy) is 1. The van der Waals surface area contributed by atoms with Gasteiger partial charge < -0.3 is 10.1 Å². The molecule has 0 aliphatic carbocycles. The molecule has 98 valence electrons. The summed E-state index contributed by atoms with van der Waals surface area (Å²) in [6.07, 6.45) is 2.74. The van der Waals surface area contributed by atoms with E-state index < -0.39 is 0 Å². The number of nitrogens with one attached hydrogen (secondary N) is 1. The van der Waals surface area contributed by atoms with Crippen LogP contribution in [0.15, 0.2) is 0 Å². The van der Waals surface area contributed by atoms with Gasteiger partial charge in [0.15, 0.2) is 0 Å². The third-order valence-corrected chi connectivity index (χ3v) is 2.43. The first-order valence-corrected chi connectivity index (χ1v) is 6.99. The molecule has 0 radical (unpaired) electrons. The molecule has 0 aromatic carbocycles. The van der Waals surface area contributed by atoms with Crippen LogP contribution in [-0.4, -0.2) is 25.6 Å². The van der Waals surface area contributed by atoms with Crippen molar-refractivity contribution in [3.63, 3.8) is 0 Å². The van der Waals surface area contributed by atoms with E-state index in [1.807, 2.05) is 27.8 Å². The fraction of sp³-hybridized carbons (Fsp3) is 0.769. The Morgan fingerprint density at radius 2 is 2.06 bits per heavy atom. The van der Waals surface area contributed by atoms with Crippen LogP contribution in [0.2, 0.25) is 0 Å². The van der Waals surface area contributed by atoms with Gasteiger partial charge in [0, 0.05) is 6.42 Å². The molecule has 0 aromatic heterocycles. The van der Waals surface area contributed by atoms with Crippen molar-refractivity contribution in [1.82, 2.24) is 5.32 Å². The van der Waals surface area contributed by atoms with Gasteiger partial charge in [-0.05, 0) is 38.2 Å². The maximum absolute atomic E-state index is 8.58. The van der Waals surface area contributed by atoms with Crippen LogP contribution in [0.3, 0.4) is 0 Å². The van der Waals surface area contributed by atoms with Crippen LogP contribution >= 0.6 is 11.8 Å². The molecule has 4 heteroatoms. The molecule has 0 bridgehead atoms. The minimum atomic E-state index is -0.0468. The van der Waals surface area contributed by atoms with Crippen molar-refractivity contribution in [2.45, 2.75) is 45.5 Å². The predicted octanol–water partition coefficient (Wildman–Crippen LogP) is 2.98. The molecular weight excluding hydrogens is 232 g/mol. The van der Waals surface area contributed by atoms with E-state index in [1.165, 1.54) is 11.8 Å². The fourth-order valence-corrected chi connectivity index (χ4v) is 1.53. The second-order valence-electron chi connectivity index (χ2n) is 2.90. The average Bonchev–Trinajstić information content (AvgIpc) is 2.37. The van der Waals surface area contributed by atoms with Crippen molar-refractivity contribution < 1.29 is 4.74 Å². The van der Waals surface area contributed by atoms with Gasteiger partial charge in [0.1, 0.15) is 17.4 Å². The number of nitrogens with zero attached hydrogens (tertiary/aromatic N) is 1. The predicted molar refractivity (Wildman–Crippen MR) is 75.5 cm³/mol. The topological polar surface area (TPSA) is 45.0 Å². The Morgan fingerprint density at radius 1 is 1.35 bits per heavy atom. The molecule has 0 saturated carbocycles. The van der Waals surface area contributed by atoms with E-state index >= 15 is 0 Å². The van der Waals surface area contributed by atoms with Crippen LogP contribution in [-0.2, 0) is 4.74 Å². The highest BCUT2D eigenvalue weighted by Crippen LogP contribution is 2.15. The highest BCUT2D eigenvalue weighted by molar-refractivity contribution is 8.04. The van der Waals surface area contributed by atoms with Crippen LogP contribution in [0.1, 0.15) is 40.0 Å². The van der Waals surface area contributed by atoms with Crippen molar-refractivity contribution in [1.29, 1.82) is 5.26 Å². The van der Waals surface area contributed by atoms with E-state index in [0.29, 0.717) is 6.61 Å². The standard InChI is InChI=1S/C11H18N2OS.C2H6/c1-3-4-5-9-14-11(15-10-12)7-6-8-13-2;1-2/h11,13H,3,6-9H2,1-2H3;1-2H3. The van der Waals surface area contributed by atoms with Gasteiger partial charge in [-0.2, -0.15) is 5.26 Å². The van der Waals surface area contributed by atoms with E-state index in [2.05, 4.69) is 22.6 Å². The van der Waals surface area contributed by atoms with Crippen LogP contribution in [0.4, 0.5) is 0 Å². The summed E-state index contributed by atoms with van der Waals surface area (Å²) in [5.41, 5.74) is -0.0468. The number of hydrogen-bond donors (Lipinski definition) is 1. The molecule has 1 atom stereocenters.